The van der Waals surface area contributed by atoms with Crippen molar-refractivity contribution in [1.82, 2.24) is 10.2 Å². The Morgan fingerprint density at radius 3 is 2.37 bits per heavy atom. The van der Waals surface area contributed by atoms with E-state index in [2.05, 4.69) is 17.4 Å². The summed E-state index contributed by atoms with van der Waals surface area (Å²) in [6, 6.07) is 13.8. The van der Waals surface area contributed by atoms with Gasteiger partial charge in [0.05, 0.1) is 0 Å². The number of nitrogens with one attached hydrogen (secondary N) is 1. The summed E-state index contributed by atoms with van der Waals surface area (Å²) in [7, 11) is 0. The molecule has 1 saturated carbocycles. The number of rotatable bonds is 9. The third kappa shape index (κ3) is 6.77. The molecule has 2 aromatic rings. The van der Waals surface area contributed by atoms with Gasteiger partial charge in [-0.05, 0) is 55.9 Å². The number of hydrogen-bond acceptors (Lipinski definition) is 4. The van der Waals surface area contributed by atoms with E-state index in [4.69, 9.17) is 9.47 Å². The Morgan fingerprint density at radius 2 is 1.66 bits per heavy atom. The molecule has 188 valence electrons. The molecule has 1 N–H and O–H groups in total. The average molecular weight is 479 g/mol. The molecule has 0 bridgehead atoms. The van der Waals surface area contributed by atoms with Crippen LogP contribution in [0, 0.1) is 6.92 Å². The van der Waals surface area contributed by atoms with Crippen molar-refractivity contribution < 1.29 is 19.1 Å². The highest BCUT2D eigenvalue weighted by molar-refractivity contribution is 5.88. The predicted octanol–water partition coefficient (Wildman–Crippen LogP) is 4.96. The summed E-state index contributed by atoms with van der Waals surface area (Å²) in [4.78, 5) is 28.7. The van der Waals surface area contributed by atoms with Gasteiger partial charge < -0.3 is 19.7 Å². The van der Waals surface area contributed by atoms with Gasteiger partial charge in [-0.25, -0.2) is 0 Å². The molecule has 6 nitrogen and oxygen atoms in total. The molecule has 2 aromatic carbocycles. The monoisotopic (exact) mass is 478 g/mol. The molecular formula is C29H38N2O4. The maximum atomic E-state index is 13.6. The summed E-state index contributed by atoms with van der Waals surface area (Å²) < 4.78 is 11.3. The lowest BCUT2D eigenvalue weighted by molar-refractivity contribution is -0.141. The zero-order valence-electron chi connectivity index (χ0n) is 21.1. The van der Waals surface area contributed by atoms with Crippen LogP contribution in [0.4, 0.5) is 0 Å². The first-order chi connectivity index (χ1) is 17.0. The molecule has 0 unspecified atom stereocenters. The van der Waals surface area contributed by atoms with Crippen molar-refractivity contribution in [3.8, 4) is 11.5 Å². The van der Waals surface area contributed by atoms with Gasteiger partial charge in [0.1, 0.15) is 19.3 Å². The number of ether oxygens (including phenoxy) is 2. The lowest BCUT2D eigenvalue weighted by Crippen LogP contribution is -2.51. The van der Waals surface area contributed by atoms with Crippen molar-refractivity contribution in [2.45, 2.75) is 83.8 Å². The fourth-order valence-electron chi connectivity index (χ4n) is 4.99. The molecule has 2 aliphatic rings. The zero-order chi connectivity index (χ0) is 24.6. The largest absolute Gasteiger partial charge is 0.486 e. The smallest absolute Gasteiger partial charge is 0.243 e. The van der Waals surface area contributed by atoms with Crippen LogP contribution < -0.4 is 14.8 Å². The highest BCUT2D eigenvalue weighted by Gasteiger charge is 2.30. The summed E-state index contributed by atoms with van der Waals surface area (Å²) in [5.74, 6) is 1.44. The molecule has 1 fully saturated rings. The van der Waals surface area contributed by atoms with E-state index in [1.807, 2.05) is 44.2 Å². The number of carbonyl (C=O) groups excluding carboxylic acids is 2. The van der Waals surface area contributed by atoms with Crippen molar-refractivity contribution in [2.75, 3.05) is 13.2 Å². The summed E-state index contributed by atoms with van der Waals surface area (Å²) in [6.07, 6.45) is 7.10. The van der Waals surface area contributed by atoms with Crippen molar-refractivity contribution in [2.24, 2.45) is 0 Å². The van der Waals surface area contributed by atoms with Crippen LogP contribution in [0.2, 0.25) is 0 Å². The van der Waals surface area contributed by atoms with Crippen LogP contribution in [-0.4, -0.2) is 42.0 Å². The Balaban J connectivity index is 1.47. The molecule has 0 saturated heterocycles. The number of hydrogen-bond donors (Lipinski definition) is 1. The van der Waals surface area contributed by atoms with Crippen molar-refractivity contribution in [1.29, 1.82) is 0 Å². The third-order valence-corrected chi connectivity index (χ3v) is 7.05. The first-order valence-corrected chi connectivity index (χ1v) is 13.1. The molecule has 6 heteroatoms. The molecule has 1 aliphatic carbocycles. The van der Waals surface area contributed by atoms with E-state index < -0.39 is 6.04 Å². The van der Waals surface area contributed by atoms with E-state index >= 15 is 0 Å². The quantitative estimate of drug-likeness (QED) is 0.553. The minimum atomic E-state index is -0.481. The Morgan fingerprint density at radius 1 is 0.971 bits per heavy atom. The van der Waals surface area contributed by atoms with Crippen LogP contribution in [0.3, 0.4) is 0 Å². The number of nitrogens with zero attached hydrogens (tertiary/aromatic N) is 1. The van der Waals surface area contributed by atoms with E-state index in [1.54, 1.807) is 4.90 Å². The van der Waals surface area contributed by atoms with Gasteiger partial charge in [-0.1, -0.05) is 62.1 Å². The molecule has 4 rings (SSSR count). The second kappa shape index (κ2) is 12.1. The van der Waals surface area contributed by atoms with Crippen molar-refractivity contribution in [3.63, 3.8) is 0 Å². The van der Waals surface area contributed by atoms with Crippen LogP contribution in [-0.2, 0) is 22.6 Å². The Kier molecular flexibility index (Phi) is 8.67. The van der Waals surface area contributed by atoms with Gasteiger partial charge in [-0.2, -0.15) is 0 Å². The van der Waals surface area contributed by atoms with Gasteiger partial charge in [-0.15, -0.1) is 0 Å². The Labute approximate surface area is 209 Å². The van der Waals surface area contributed by atoms with Crippen LogP contribution in [0.15, 0.2) is 42.5 Å². The van der Waals surface area contributed by atoms with Gasteiger partial charge in [0.2, 0.25) is 11.8 Å². The standard InChI is InChI=1S/C29H38N2O4/c1-3-25(29(33)30-24-7-5-4-6-8-24)31(20-23-11-9-21(2)10-12-23)28(32)16-14-22-13-15-26-27(19-22)35-18-17-34-26/h9-13,15,19,24-25H,3-8,14,16-18,20H2,1-2H3,(H,30,33)/t25-/m1/s1. The second-order valence-electron chi connectivity index (χ2n) is 9.75. The average Bonchev–Trinajstić information content (AvgIpc) is 2.88. The Bertz CT molecular complexity index is 998. The van der Waals surface area contributed by atoms with E-state index in [9.17, 15) is 9.59 Å². The maximum absolute atomic E-state index is 13.6. The van der Waals surface area contributed by atoms with Crippen LogP contribution in [0.1, 0.15) is 68.6 Å². The molecule has 0 aromatic heterocycles. The molecule has 0 spiro atoms. The number of fused-ring (bicyclic) bond motifs is 1. The molecule has 1 atom stereocenters. The predicted molar refractivity (Wildman–Crippen MR) is 137 cm³/mol. The number of carbonyl (C=O) groups is 2. The summed E-state index contributed by atoms with van der Waals surface area (Å²) in [5.41, 5.74) is 3.23. The van der Waals surface area contributed by atoms with Crippen molar-refractivity contribution >= 4 is 11.8 Å². The Hall–Kier alpha value is -3.02. The van der Waals surface area contributed by atoms with E-state index in [-0.39, 0.29) is 17.9 Å². The van der Waals surface area contributed by atoms with Crippen LogP contribution in [0.25, 0.3) is 0 Å². The first kappa shape index (κ1) is 25.1. The normalized spacial score (nSPS) is 16.4. The van der Waals surface area contributed by atoms with Crippen LogP contribution >= 0.6 is 0 Å². The third-order valence-electron chi connectivity index (χ3n) is 7.05. The molecule has 0 radical (unpaired) electrons. The van der Waals surface area contributed by atoms with Gasteiger partial charge in [0.15, 0.2) is 11.5 Å². The lowest BCUT2D eigenvalue weighted by Gasteiger charge is -2.33. The van der Waals surface area contributed by atoms with Crippen LogP contribution in [0.5, 0.6) is 11.5 Å². The second-order valence-corrected chi connectivity index (χ2v) is 9.75. The minimum Gasteiger partial charge on any atom is -0.486 e. The summed E-state index contributed by atoms with van der Waals surface area (Å²) in [5, 5.41) is 3.24. The molecule has 35 heavy (non-hydrogen) atoms. The van der Waals surface area contributed by atoms with Gasteiger partial charge in [0, 0.05) is 19.0 Å². The molecular weight excluding hydrogens is 440 g/mol. The van der Waals surface area contributed by atoms with E-state index in [0.29, 0.717) is 39.0 Å². The number of benzene rings is 2. The summed E-state index contributed by atoms with van der Waals surface area (Å²) >= 11 is 0. The SMILES string of the molecule is CC[C@H](C(=O)NC1CCCCC1)N(Cc1ccc(C)cc1)C(=O)CCc1ccc2c(c1)OCCO2. The molecule has 1 aliphatic heterocycles. The zero-order valence-corrected chi connectivity index (χ0v) is 21.1. The number of aryl methyl sites for hydroxylation is 2. The van der Waals surface area contributed by atoms with Gasteiger partial charge >= 0.3 is 0 Å². The first-order valence-electron chi connectivity index (χ1n) is 13.1. The topological polar surface area (TPSA) is 67.9 Å². The fraction of sp³-hybridized carbons (Fsp3) is 0.517. The van der Waals surface area contributed by atoms with Crippen molar-refractivity contribution in [3.05, 3.63) is 59.2 Å². The fourth-order valence-corrected chi connectivity index (χ4v) is 4.99. The number of amides is 2. The summed E-state index contributed by atoms with van der Waals surface area (Å²) in [6.45, 7) is 5.55. The molecule has 1 heterocycles. The van der Waals surface area contributed by atoms with E-state index in [0.717, 1.165) is 48.3 Å². The van der Waals surface area contributed by atoms with Gasteiger partial charge in [0.25, 0.3) is 0 Å². The highest BCUT2D eigenvalue weighted by atomic mass is 16.6. The van der Waals surface area contributed by atoms with E-state index in [1.165, 1.54) is 12.0 Å². The molecule has 2 amide bonds. The minimum absolute atomic E-state index is 0.00823. The maximum Gasteiger partial charge on any atom is 0.243 e. The highest BCUT2D eigenvalue weighted by Crippen LogP contribution is 2.31. The van der Waals surface area contributed by atoms with Gasteiger partial charge in [-0.3, -0.25) is 9.59 Å². The lowest BCUT2D eigenvalue weighted by atomic mass is 9.95.